The second kappa shape index (κ2) is 3.19. The fourth-order valence-corrected chi connectivity index (χ4v) is 4.02. The SMILES string of the molecule is c1cc2c(cn1)-c1c3sc4cnccc4n3c[n+]1C2. The quantitative estimate of drug-likeness (QED) is 0.402. The molecular formula is C14H9N4S+. The molecule has 1 aliphatic heterocycles. The van der Waals surface area contributed by atoms with Crippen molar-refractivity contribution >= 4 is 26.4 Å². The summed E-state index contributed by atoms with van der Waals surface area (Å²) >= 11 is 1.79. The average molecular weight is 265 g/mol. The van der Waals surface area contributed by atoms with Gasteiger partial charge in [-0.3, -0.25) is 9.97 Å². The lowest BCUT2D eigenvalue weighted by Crippen LogP contribution is -2.29. The molecule has 5 rings (SSSR count). The summed E-state index contributed by atoms with van der Waals surface area (Å²) in [6, 6.07) is 4.17. The van der Waals surface area contributed by atoms with E-state index in [1.54, 1.807) is 11.3 Å². The van der Waals surface area contributed by atoms with E-state index in [2.05, 4.69) is 37.4 Å². The fraction of sp³-hybridized carbons (Fsp3) is 0.0714. The van der Waals surface area contributed by atoms with Gasteiger partial charge >= 0.3 is 0 Å². The van der Waals surface area contributed by atoms with E-state index in [4.69, 9.17) is 0 Å². The molecule has 0 amide bonds. The van der Waals surface area contributed by atoms with Crippen molar-refractivity contribution in [3.63, 3.8) is 0 Å². The Kier molecular flexibility index (Phi) is 1.62. The van der Waals surface area contributed by atoms with Gasteiger partial charge in [0.15, 0.2) is 11.2 Å². The van der Waals surface area contributed by atoms with Crippen LogP contribution in [0.2, 0.25) is 0 Å². The predicted molar refractivity (Wildman–Crippen MR) is 73.1 cm³/mol. The number of nitrogens with zero attached hydrogens (tertiary/aromatic N) is 4. The van der Waals surface area contributed by atoms with Gasteiger partial charge in [-0.2, -0.15) is 4.40 Å². The van der Waals surface area contributed by atoms with Crippen molar-refractivity contribution in [2.24, 2.45) is 0 Å². The van der Waals surface area contributed by atoms with Crippen molar-refractivity contribution in [2.75, 3.05) is 0 Å². The summed E-state index contributed by atoms with van der Waals surface area (Å²) in [6.07, 6.45) is 9.80. The minimum atomic E-state index is 0.939. The molecule has 5 heterocycles. The number of pyridine rings is 2. The van der Waals surface area contributed by atoms with E-state index in [1.165, 1.54) is 31.9 Å². The Morgan fingerprint density at radius 1 is 1.16 bits per heavy atom. The summed E-state index contributed by atoms with van der Waals surface area (Å²) in [7, 11) is 0. The van der Waals surface area contributed by atoms with Gasteiger partial charge in [0.2, 0.25) is 4.83 Å². The normalized spacial score (nSPS) is 13.1. The van der Waals surface area contributed by atoms with E-state index in [-0.39, 0.29) is 0 Å². The molecule has 1 aliphatic rings. The van der Waals surface area contributed by atoms with Crippen LogP contribution < -0.4 is 4.57 Å². The molecule has 0 saturated heterocycles. The monoisotopic (exact) mass is 265 g/mol. The highest BCUT2D eigenvalue weighted by molar-refractivity contribution is 7.24. The molecule has 19 heavy (non-hydrogen) atoms. The molecule has 0 saturated carbocycles. The van der Waals surface area contributed by atoms with E-state index in [0.29, 0.717) is 0 Å². The highest BCUT2D eigenvalue weighted by Crippen LogP contribution is 2.35. The Morgan fingerprint density at radius 2 is 2.05 bits per heavy atom. The first-order chi connectivity index (χ1) is 9.42. The van der Waals surface area contributed by atoms with Crippen LogP contribution in [-0.4, -0.2) is 14.4 Å². The summed E-state index contributed by atoms with van der Waals surface area (Å²) in [6.45, 7) is 0.939. The van der Waals surface area contributed by atoms with Gasteiger partial charge in [0.1, 0.15) is 6.54 Å². The standard InChI is InChI=1S/C14H9N4S/c1-3-15-5-10-9(1)7-17-8-18-11-2-4-16-6-12(11)19-14(18)13(10)17/h1-6,8H,7H2/q+1. The van der Waals surface area contributed by atoms with Crippen LogP contribution >= 0.6 is 11.3 Å². The molecule has 0 aromatic carbocycles. The first-order valence-electron chi connectivity index (χ1n) is 6.12. The van der Waals surface area contributed by atoms with Gasteiger partial charge < -0.3 is 0 Å². The first-order valence-corrected chi connectivity index (χ1v) is 6.94. The zero-order valence-electron chi connectivity index (χ0n) is 9.95. The lowest BCUT2D eigenvalue weighted by molar-refractivity contribution is -0.671. The van der Waals surface area contributed by atoms with Crippen LogP contribution in [0, 0.1) is 0 Å². The smallest absolute Gasteiger partial charge is 0.251 e. The van der Waals surface area contributed by atoms with Crippen LogP contribution in [0.15, 0.2) is 43.2 Å². The van der Waals surface area contributed by atoms with Crippen molar-refractivity contribution in [1.29, 1.82) is 0 Å². The Morgan fingerprint density at radius 3 is 3.05 bits per heavy atom. The van der Waals surface area contributed by atoms with Gasteiger partial charge in [0, 0.05) is 36.4 Å². The lowest BCUT2D eigenvalue weighted by atomic mass is 10.1. The second-order valence-corrected chi connectivity index (χ2v) is 5.78. The van der Waals surface area contributed by atoms with Crippen molar-refractivity contribution in [1.82, 2.24) is 14.4 Å². The highest BCUT2D eigenvalue weighted by Gasteiger charge is 2.30. The third-order valence-corrected chi connectivity index (χ3v) is 4.82. The fourth-order valence-electron chi connectivity index (χ4n) is 2.86. The molecule has 90 valence electrons. The van der Waals surface area contributed by atoms with Crippen molar-refractivity contribution in [3.05, 3.63) is 48.8 Å². The number of rotatable bonds is 0. The van der Waals surface area contributed by atoms with E-state index >= 15 is 0 Å². The van der Waals surface area contributed by atoms with Crippen LogP contribution in [-0.2, 0) is 6.54 Å². The lowest BCUT2D eigenvalue weighted by Gasteiger charge is -1.91. The third kappa shape index (κ3) is 1.11. The van der Waals surface area contributed by atoms with Crippen LogP contribution in [0.25, 0.3) is 26.3 Å². The number of hydrogen-bond donors (Lipinski definition) is 0. The van der Waals surface area contributed by atoms with Gasteiger partial charge in [-0.1, -0.05) is 11.3 Å². The molecule has 5 heteroatoms. The van der Waals surface area contributed by atoms with Crippen LogP contribution in [0.3, 0.4) is 0 Å². The molecule has 0 fully saturated rings. The summed E-state index contributed by atoms with van der Waals surface area (Å²) in [5.41, 5.74) is 5.11. The van der Waals surface area contributed by atoms with Crippen LogP contribution in [0.4, 0.5) is 0 Å². The van der Waals surface area contributed by atoms with E-state index in [1.807, 2.05) is 24.8 Å². The van der Waals surface area contributed by atoms with Gasteiger partial charge in [-0.15, -0.1) is 0 Å². The third-order valence-electron chi connectivity index (χ3n) is 3.70. The minimum absolute atomic E-state index is 0.939. The second-order valence-electron chi connectivity index (χ2n) is 4.75. The molecule has 0 N–H and O–H groups in total. The van der Waals surface area contributed by atoms with Crippen LogP contribution in [0.5, 0.6) is 0 Å². The molecule has 0 radical (unpaired) electrons. The Balaban J connectivity index is 1.97. The Bertz CT molecular complexity index is 951. The summed E-state index contributed by atoms with van der Waals surface area (Å²) < 4.78 is 5.78. The van der Waals surface area contributed by atoms with Crippen LogP contribution in [0.1, 0.15) is 5.56 Å². The topological polar surface area (TPSA) is 34.1 Å². The molecule has 0 bridgehead atoms. The van der Waals surface area contributed by atoms with Crippen molar-refractivity contribution < 1.29 is 4.57 Å². The molecule has 0 aliphatic carbocycles. The molecule has 4 aromatic heterocycles. The molecule has 0 spiro atoms. The zero-order valence-corrected chi connectivity index (χ0v) is 10.8. The molecule has 4 aromatic rings. The molecule has 0 unspecified atom stereocenters. The van der Waals surface area contributed by atoms with E-state index in [9.17, 15) is 0 Å². The maximum atomic E-state index is 4.27. The summed E-state index contributed by atoms with van der Waals surface area (Å²) in [4.78, 5) is 9.74. The summed E-state index contributed by atoms with van der Waals surface area (Å²) in [5.74, 6) is 0. The van der Waals surface area contributed by atoms with E-state index < -0.39 is 0 Å². The van der Waals surface area contributed by atoms with Crippen molar-refractivity contribution in [3.8, 4) is 11.3 Å². The Labute approximate surface area is 112 Å². The molecule has 4 nitrogen and oxygen atoms in total. The van der Waals surface area contributed by atoms with Gasteiger partial charge in [0.25, 0.3) is 6.33 Å². The average Bonchev–Trinajstić information content (AvgIpc) is 3.05. The maximum Gasteiger partial charge on any atom is 0.251 e. The maximum absolute atomic E-state index is 4.27. The zero-order chi connectivity index (χ0) is 12.4. The predicted octanol–water partition coefficient (Wildman–Crippen LogP) is 2.26. The number of fused-ring (bicyclic) bond motifs is 7. The number of thiazole rings is 1. The first kappa shape index (κ1) is 9.63. The minimum Gasteiger partial charge on any atom is -0.264 e. The number of aromatic nitrogens is 4. The largest absolute Gasteiger partial charge is 0.264 e. The van der Waals surface area contributed by atoms with E-state index in [0.717, 1.165) is 6.54 Å². The number of imidazole rings is 1. The van der Waals surface area contributed by atoms with Gasteiger partial charge in [-0.05, 0) is 6.07 Å². The number of hydrogen-bond acceptors (Lipinski definition) is 3. The highest BCUT2D eigenvalue weighted by atomic mass is 32.1. The molecule has 0 atom stereocenters. The van der Waals surface area contributed by atoms with Gasteiger partial charge in [0.05, 0.1) is 10.3 Å². The van der Waals surface area contributed by atoms with Gasteiger partial charge in [-0.25, -0.2) is 4.57 Å². The molecular weight excluding hydrogens is 256 g/mol. The summed E-state index contributed by atoms with van der Waals surface area (Å²) in [5, 5.41) is 0. The van der Waals surface area contributed by atoms with Crippen molar-refractivity contribution in [2.45, 2.75) is 6.54 Å². The Hall–Kier alpha value is -2.27.